The third-order valence-electron chi connectivity index (χ3n) is 7.03. The Morgan fingerprint density at radius 1 is 1.08 bits per heavy atom. The Kier molecular flexibility index (Phi) is 11.0. The Labute approximate surface area is 258 Å². The first-order chi connectivity index (χ1) is 15.2. The molecule has 13 nitrogen and oxygen atoms in total. The molecule has 1 amide bonds. The van der Waals surface area contributed by atoms with Crippen LogP contribution in [0.5, 0.6) is 5.75 Å². The SMILES string of the molecule is CN(C)[C@@H]1C(=O)C(C(N)=O)=C(O)[C@@]2(O)C(=O)C3=C(O)c4c(O)cccc4[C@@](C)(O)[C@H]3[C@H](O)[C@@H]12.O.O.[H-].[H-].[Na+].[Na+]. The molecule has 15 heteroatoms. The zero-order valence-corrected chi connectivity index (χ0v) is 25.0. The van der Waals surface area contributed by atoms with Crippen LogP contribution in [-0.2, 0) is 20.0 Å². The molecule has 3 aliphatic rings. The number of nitrogens with two attached hydrogens (primary N) is 1. The van der Waals surface area contributed by atoms with Gasteiger partial charge in [-0.05, 0) is 32.6 Å². The van der Waals surface area contributed by atoms with Crippen molar-refractivity contribution in [1.82, 2.24) is 4.90 Å². The van der Waals surface area contributed by atoms with Gasteiger partial charge in [0.1, 0.15) is 22.8 Å². The second-order valence-electron chi connectivity index (χ2n) is 9.06. The van der Waals surface area contributed by atoms with Crippen molar-refractivity contribution >= 4 is 23.2 Å². The van der Waals surface area contributed by atoms with Crippen molar-refractivity contribution < 1.29 is 118 Å². The molecule has 0 aromatic heterocycles. The van der Waals surface area contributed by atoms with E-state index < -0.39 is 81.1 Å². The van der Waals surface area contributed by atoms with Gasteiger partial charge in [0.05, 0.1) is 40.7 Å². The van der Waals surface area contributed by atoms with Gasteiger partial charge in [-0.1, -0.05) is 12.1 Å². The third kappa shape index (κ3) is 4.50. The summed E-state index contributed by atoms with van der Waals surface area (Å²) >= 11 is 0. The van der Waals surface area contributed by atoms with Crippen LogP contribution in [0.4, 0.5) is 0 Å². The number of primary amides is 1. The second kappa shape index (κ2) is 11.4. The Morgan fingerprint density at radius 3 is 2.11 bits per heavy atom. The molecule has 3 aliphatic carbocycles. The number of benzene rings is 1. The van der Waals surface area contributed by atoms with Crippen LogP contribution in [0.1, 0.15) is 20.9 Å². The standard InChI is InChI=1S/C22H24N2O9.2Na.2H2O.2H/c1-21(32)7-5-4-6-8(25)9(7)15(26)10-12(21)17(28)13-14(24(2)3)16(27)11(20(23)31)19(30)22(13,33)18(10)29;;;;;;/h4-6,12-14,17,25-26,28,30,32-33H,1-3H3,(H2,23,31);;;2*1H2;;/q;2*+1;;;2*-1/t12-,13-,14+,17+,21-,22+;;;;;;/m1....../s1. The van der Waals surface area contributed by atoms with E-state index >= 15 is 0 Å². The molecule has 0 unspecified atom stereocenters. The largest absolute Gasteiger partial charge is 1.00 e. The molecule has 0 heterocycles. The van der Waals surface area contributed by atoms with Gasteiger partial charge in [0.15, 0.2) is 11.4 Å². The topological polar surface area (TPSA) is 265 Å². The maximum Gasteiger partial charge on any atom is 1.00 e. The van der Waals surface area contributed by atoms with Gasteiger partial charge in [0.25, 0.3) is 5.91 Å². The molecule has 0 spiro atoms. The average molecular weight is 544 g/mol. The molecule has 12 N–H and O–H groups in total. The summed E-state index contributed by atoms with van der Waals surface area (Å²) in [7, 11) is 2.80. The summed E-state index contributed by atoms with van der Waals surface area (Å²) in [5, 5.41) is 66.3. The number of phenolic OH excluding ortho intramolecular Hbond substituents is 1. The normalized spacial score (nSPS) is 32.1. The summed E-state index contributed by atoms with van der Waals surface area (Å²) in [5.74, 6) is -9.67. The van der Waals surface area contributed by atoms with Gasteiger partial charge >= 0.3 is 59.1 Å². The van der Waals surface area contributed by atoms with Crippen LogP contribution in [0, 0.1) is 11.8 Å². The molecule has 4 rings (SSSR count). The van der Waals surface area contributed by atoms with Gasteiger partial charge in [-0.25, -0.2) is 0 Å². The van der Waals surface area contributed by atoms with Crippen LogP contribution < -0.4 is 64.8 Å². The number of Topliss-reactive ketones (excluding diaryl/α,β-unsaturated/α-hetero) is 2. The van der Waals surface area contributed by atoms with Gasteiger partial charge in [-0.3, -0.25) is 19.3 Å². The van der Waals surface area contributed by atoms with E-state index in [1.54, 1.807) is 0 Å². The van der Waals surface area contributed by atoms with Crippen LogP contribution in [0.2, 0.25) is 0 Å². The first-order valence-electron chi connectivity index (χ1n) is 10.1. The first kappa shape index (κ1) is 35.7. The van der Waals surface area contributed by atoms with Crippen LogP contribution in [0.25, 0.3) is 5.76 Å². The molecule has 0 bridgehead atoms. The molecule has 37 heavy (non-hydrogen) atoms. The van der Waals surface area contributed by atoms with Crippen molar-refractivity contribution in [3.8, 4) is 5.75 Å². The Balaban J connectivity index is -0.00000216. The molecule has 196 valence electrons. The maximum atomic E-state index is 13.7. The van der Waals surface area contributed by atoms with Crippen molar-refractivity contribution in [2.45, 2.75) is 30.3 Å². The number of phenols is 1. The number of nitrogens with zero attached hydrogens (tertiary/aromatic N) is 1. The summed E-state index contributed by atoms with van der Waals surface area (Å²) in [6.07, 6.45) is -1.87. The molecule has 6 atom stereocenters. The summed E-state index contributed by atoms with van der Waals surface area (Å²) in [6, 6.07) is 2.50. The zero-order valence-electron chi connectivity index (χ0n) is 23.0. The van der Waals surface area contributed by atoms with E-state index in [0.29, 0.717) is 0 Å². The van der Waals surface area contributed by atoms with Crippen LogP contribution in [0.3, 0.4) is 0 Å². The molecule has 1 saturated carbocycles. The predicted octanol–water partition coefficient (Wildman–Crippen LogP) is -8.82. The van der Waals surface area contributed by atoms with Crippen molar-refractivity contribution in [3.63, 3.8) is 0 Å². The minimum atomic E-state index is -3.02. The number of carbonyl (C=O) groups excluding carboxylic acids is 3. The summed E-state index contributed by atoms with van der Waals surface area (Å²) in [4.78, 5) is 39.9. The minimum absolute atomic E-state index is 0. The molecule has 0 aliphatic heterocycles. The number of aliphatic hydroxyl groups is 5. The second-order valence-corrected chi connectivity index (χ2v) is 9.06. The van der Waals surface area contributed by atoms with E-state index in [1.807, 2.05) is 0 Å². The van der Waals surface area contributed by atoms with Crippen molar-refractivity contribution in [2.24, 2.45) is 17.6 Å². The zero-order chi connectivity index (χ0) is 24.8. The summed E-state index contributed by atoms with van der Waals surface area (Å²) < 4.78 is 0. The number of fused-ring (bicyclic) bond motifs is 3. The molecule has 1 aromatic rings. The van der Waals surface area contributed by atoms with E-state index in [-0.39, 0.29) is 84.0 Å². The number of hydrogen-bond acceptors (Lipinski definition) is 10. The minimum Gasteiger partial charge on any atom is -1.00 e. The van der Waals surface area contributed by atoms with E-state index in [4.69, 9.17) is 5.73 Å². The fourth-order valence-electron chi connectivity index (χ4n) is 5.60. The monoisotopic (exact) mass is 544 g/mol. The van der Waals surface area contributed by atoms with Crippen molar-refractivity contribution in [1.29, 1.82) is 0 Å². The van der Waals surface area contributed by atoms with E-state index in [9.17, 15) is 45.0 Å². The van der Waals surface area contributed by atoms with E-state index in [2.05, 4.69) is 0 Å². The molecule has 1 fully saturated rings. The number of aliphatic hydroxyl groups excluding tert-OH is 3. The summed E-state index contributed by atoms with van der Waals surface area (Å²) in [5.41, 5.74) is -1.78. The van der Waals surface area contributed by atoms with Crippen molar-refractivity contribution in [3.05, 3.63) is 46.2 Å². The van der Waals surface area contributed by atoms with Gasteiger partial charge in [-0.15, -0.1) is 0 Å². The molecule has 0 radical (unpaired) electrons. The van der Waals surface area contributed by atoms with E-state index in [0.717, 1.165) is 0 Å². The van der Waals surface area contributed by atoms with Gasteiger partial charge in [-0.2, -0.15) is 0 Å². The van der Waals surface area contributed by atoms with Gasteiger partial charge in [0.2, 0.25) is 5.78 Å². The number of hydrogen-bond donors (Lipinski definition) is 7. The fourth-order valence-corrected chi connectivity index (χ4v) is 5.60. The van der Waals surface area contributed by atoms with Crippen LogP contribution in [0.15, 0.2) is 35.1 Å². The quantitative estimate of drug-likeness (QED) is 0.136. The molecule has 0 saturated heterocycles. The molecular weight excluding hydrogens is 514 g/mol. The maximum absolute atomic E-state index is 13.7. The van der Waals surface area contributed by atoms with E-state index in [1.165, 1.54) is 44.1 Å². The first-order valence-corrected chi connectivity index (χ1v) is 10.1. The van der Waals surface area contributed by atoms with Crippen molar-refractivity contribution in [2.75, 3.05) is 14.1 Å². The Morgan fingerprint density at radius 2 is 1.62 bits per heavy atom. The smallest absolute Gasteiger partial charge is 1.00 e. The van der Waals surface area contributed by atoms with Crippen LogP contribution in [-0.4, -0.2) is 95.8 Å². The number of ketones is 2. The Hall–Kier alpha value is -1.33. The average Bonchev–Trinajstić information content (AvgIpc) is 2.70. The van der Waals surface area contributed by atoms with Crippen LogP contribution >= 0.6 is 0 Å². The third-order valence-corrected chi connectivity index (χ3v) is 7.03. The summed E-state index contributed by atoms with van der Waals surface area (Å²) in [6.45, 7) is 1.25. The Bertz CT molecular complexity index is 1210. The predicted molar refractivity (Wildman–Crippen MR) is 121 cm³/mol. The van der Waals surface area contributed by atoms with Gasteiger partial charge in [0, 0.05) is 0 Å². The number of likely N-dealkylation sites (N-methyl/N-ethyl adjacent to an activating group) is 1. The molecule has 1 aromatic carbocycles. The number of aromatic hydroxyl groups is 1. The number of rotatable bonds is 2. The fraction of sp³-hybridized carbons (Fsp3) is 0.409. The number of amides is 1. The number of carbonyl (C=O) groups is 3. The molecular formula is C22H30N2Na2O11. The van der Waals surface area contributed by atoms with Gasteiger partial charge < -0.3 is 50.2 Å².